The molecule has 0 N–H and O–H groups in total. The van der Waals surface area contributed by atoms with Crippen molar-refractivity contribution in [3.63, 3.8) is 0 Å². The van der Waals surface area contributed by atoms with E-state index in [1.165, 1.54) is 48.0 Å². The van der Waals surface area contributed by atoms with Gasteiger partial charge in [0.1, 0.15) is 0 Å². The summed E-state index contributed by atoms with van der Waals surface area (Å²) in [6.07, 6.45) is 16.2. The van der Waals surface area contributed by atoms with Gasteiger partial charge in [-0.15, -0.1) is 11.6 Å². The molecule has 1 heteroatoms. The highest BCUT2D eigenvalue weighted by molar-refractivity contribution is 6.18. The summed E-state index contributed by atoms with van der Waals surface area (Å²) >= 11 is 5.69. The summed E-state index contributed by atoms with van der Waals surface area (Å²) in [7, 11) is 0. The van der Waals surface area contributed by atoms with Crippen molar-refractivity contribution in [2.45, 2.75) is 73.1 Å². The normalized spacial score (nSPS) is 13.5. The van der Waals surface area contributed by atoms with Crippen molar-refractivity contribution in [1.82, 2.24) is 0 Å². The van der Waals surface area contributed by atoms with Crippen LogP contribution in [0.15, 0.2) is 46.6 Å². The van der Waals surface area contributed by atoms with Crippen molar-refractivity contribution >= 4 is 11.6 Å². The number of hydrogen-bond donors (Lipinski definition) is 0. The minimum Gasteiger partial charge on any atom is -0.122 e. The van der Waals surface area contributed by atoms with Crippen LogP contribution in [0.3, 0.4) is 0 Å². The minimum atomic E-state index is 0.630. The van der Waals surface area contributed by atoms with Crippen LogP contribution in [-0.4, -0.2) is 5.88 Å². The monoisotopic (exact) mass is 308 g/mol. The predicted octanol–water partition coefficient (Wildman–Crippen LogP) is 7.37. The lowest BCUT2D eigenvalue weighted by Crippen LogP contribution is -1.82. The Kier molecular flexibility index (Phi) is 12.5. The molecular weight excluding hydrogens is 276 g/mol. The molecule has 0 saturated heterocycles. The molecular formula is C20H33Cl. The van der Waals surface area contributed by atoms with Crippen LogP contribution >= 0.6 is 11.6 Å². The fraction of sp³-hybridized carbons (Fsp3) is 0.600. The maximum atomic E-state index is 5.69. The highest BCUT2D eigenvalue weighted by Crippen LogP contribution is 2.13. The fourth-order valence-electron chi connectivity index (χ4n) is 2.12. The molecule has 0 heterocycles. The molecule has 21 heavy (non-hydrogen) atoms. The first-order valence-electron chi connectivity index (χ1n) is 8.12. The molecule has 0 spiro atoms. The van der Waals surface area contributed by atoms with Gasteiger partial charge >= 0.3 is 0 Å². The van der Waals surface area contributed by atoms with Gasteiger partial charge in [0.15, 0.2) is 0 Å². The molecule has 0 aromatic carbocycles. The highest BCUT2D eigenvalue weighted by atomic mass is 35.5. The maximum Gasteiger partial charge on any atom is 0.0406 e. The quantitative estimate of drug-likeness (QED) is 0.292. The van der Waals surface area contributed by atoms with Crippen molar-refractivity contribution in [3.8, 4) is 0 Å². The van der Waals surface area contributed by atoms with E-state index in [-0.39, 0.29) is 0 Å². The molecule has 0 saturated carbocycles. The average Bonchev–Trinajstić information content (AvgIpc) is 2.38. The lowest BCUT2D eigenvalue weighted by molar-refractivity contribution is 0.899. The van der Waals surface area contributed by atoms with Crippen LogP contribution in [0.2, 0.25) is 0 Å². The molecule has 0 aliphatic rings. The summed E-state index contributed by atoms with van der Waals surface area (Å²) in [6, 6.07) is 0. The van der Waals surface area contributed by atoms with Crippen LogP contribution < -0.4 is 0 Å². The first-order valence-corrected chi connectivity index (χ1v) is 8.65. The summed E-state index contributed by atoms with van der Waals surface area (Å²) in [4.78, 5) is 0. The van der Waals surface area contributed by atoms with E-state index in [0.717, 1.165) is 12.8 Å². The molecule has 0 aliphatic carbocycles. The van der Waals surface area contributed by atoms with Crippen LogP contribution in [0, 0.1) is 0 Å². The number of halogens is 1. The Balaban J connectivity index is 3.93. The summed E-state index contributed by atoms with van der Waals surface area (Å²) in [5.41, 5.74) is 5.83. The van der Waals surface area contributed by atoms with Crippen LogP contribution in [-0.2, 0) is 0 Å². The standard InChI is InChI=1S/C20H33Cl/c1-17(2)9-6-10-18(3)11-7-12-19(4)13-8-14-20(5)15-16-21/h9,11,13,15H,6-8,10,12,14,16H2,1-5H3. The van der Waals surface area contributed by atoms with E-state index in [9.17, 15) is 0 Å². The Labute approximate surface area is 137 Å². The van der Waals surface area contributed by atoms with Crippen molar-refractivity contribution in [3.05, 3.63) is 46.6 Å². The Hall–Kier alpha value is -0.750. The molecule has 0 bridgehead atoms. The molecule has 0 radical (unpaired) electrons. The lowest BCUT2D eigenvalue weighted by Gasteiger charge is -2.02. The van der Waals surface area contributed by atoms with E-state index in [1.807, 2.05) is 0 Å². The van der Waals surface area contributed by atoms with Crippen molar-refractivity contribution in [2.75, 3.05) is 5.88 Å². The molecule has 120 valence electrons. The number of hydrogen-bond acceptors (Lipinski definition) is 0. The molecule has 0 rings (SSSR count). The third kappa shape index (κ3) is 14.0. The van der Waals surface area contributed by atoms with Gasteiger partial charge in [-0.1, -0.05) is 46.6 Å². The lowest BCUT2D eigenvalue weighted by atomic mass is 10.0. The molecule has 0 nitrogen and oxygen atoms in total. The van der Waals surface area contributed by atoms with E-state index in [2.05, 4.69) is 58.9 Å². The Morgan fingerprint density at radius 3 is 1.38 bits per heavy atom. The first kappa shape index (κ1) is 20.2. The van der Waals surface area contributed by atoms with Crippen LogP contribution in [0.5, 0.6) is 0 Å². The Morgan fingerprint density at radius 2 is 1.00 bits per heavy atom. The maximum absolute atomic E-state index is 5.69. The van der Waals surface area contributed by atoms with E-state index in [0.29, 0.717) is 5.88 Å². The molecule has 0 atom stereocenters. The van der Waals surface area contributed by atoms with Crippen LogP contribution in [0.4, 0.5) is 0 Å². The first-order chi connectivity index (χ1) is 9.95. The van der Waals surface area contributed by atoms with E-state index < -0.39 is 0 Å². The highest BCUT2D eigenvalue weighted by Gasteiger charge is 1.93. The van der Waals surface area contributed by atoms with Crippen LogP contribution in [0.25, 0.3) is 0 Å². The van der Waals surface area contributed by atoms with E-state index in [1.54, 1.807) is 0 Å². The van der Waals surface area contributed by atoms with Gasteiger partial charge in [0, 0.05) is 5.88 Å². The molecule has 0 unspecified atom stereocenters. The second kappa shape index (κ2) is 13.0. The minimum absolute atomic E-state index is 0.630. The zero-order valence-corrected chi connectivity index (χ0v) is 15.4. The van der Waals surface area contributed by atoms with Gasteiger partial charge in [0.2, 0.25) is 0 Å². The van der Waals surface area contributed by atoms with E-state index in [4.69, 9.17) is 11.6 Å². The third-order valence-electron chi connectivity index (χ3n) is 3.58. The average molecular weight is 309 g/mol. The van der Waals surface area contributed by atoms with Gasteiger partial charge in [-0.05, 0) is 73.1 Å². The fourth-order valence-corrected chi connectivity index (χ4v) is 2.38. The number of allylic oxidation sites excluding steroid dienone is 8. The van der Waals surface area contributed by atoms with Gasteiger partial charge in [-0.2, -0.15) is 0 Å². The topological polar surface area (TPSA) is 0 Å². The Morgan fingerprint density at radius 1 is 0.619 bits per heavy atom. The van der Waals surface area contributed by atoms with Crippen molar-refractivity contribution in [1.29, 1.82) is 0 Å². The van der Waals surface area contributed by atoms with Crippen LogP contribution in [0.1, 0.15) is 73.1 Å². The molecule has 0 aromatic heterocycles. The molecule has 0 amide bonds. The van der Waals surface area contributed by atoms with Gasteiger partial charge in [-0.3, -0.25) is 0 Å². The van der Waals surface area contributed by atoms with Gasteiger partial charge in [0.05, 0.1) is 0 Å². The van der Waals surface area contributed by atoms with Gasteiger partial charge < -0.3 is 0 Å². The van der Waals surface area contributed by atoms with Crippen molar-refractivity contribution < 1.29 is 0 Å². The second-order valence-corrected chi connectivity index (χ2v) is 6.51. The van der Waals surface area contributed by atoms with Gasteiger partial charge in [0.25, 0.3) is 0 Å². The van der Waals surface area contributed by atoms with Crippen molar-refractivity contribution in [2.24, 2.45) is 0 Å². The summed E-state index contributed by atoms with van der Waals surface area (Å²) in [5, 5.41) is 0. The van der Waals surface area contributed by atoms with E-state index >= 15 is 0 Å². The second-order valence-electron chi connectivity index (χ2n) is 6.20. The molecule has 0 fully saturated rings. The number of rotatable bonds is 10. The molecule has 0 aliphatic heterocycles. The smallest absolute Gasteiger partial charge is 0.0406 e. The SMILES string of the molecule is CC(C)=CCCC(C)=CCCC(C)=CCCC(C)=CCCl. The summed E-state index contributed by atoms with van der Waals surface area (Å²) in [6.45, 7) is 11.0. The van der Waals surface area contributed by atoms with Gasteiger partial charge in [-0.25, -0.2) is 0 Å². The zero-order chi connectivity index (χ0) is 16.1. The zero-order valence-electron chi connectivity index (χ0n) is 14.6. The summed E-state index contributed by atoms with van der Waals surface area (Å²) < 4.78 is 0. The summed E-state index contributed by atoms with van der Waals surface area (Å²) in [5.74, 6) is 0.630. The largest absolute Gasteiger partial charge is 0.122 e. The molecule has 0 aromatic rings. The Bertz CT molecular complexity index is 390. The third-order valence-corrected chi connectivity index (χ3v) is 3.73. The predicted molar refractivity (Wildman–Crippen MR) is 99.1 cm³/mol. The number of alkyl halides is 1.